The number of halogens is 1. The minimum atomic E-state index is -3.57. The normalized spacial score (nSPS) is 16.8. The second-order valence-electron chi connectivity index (χ2n) is 11.5. The lowest BCUT2D eigenvalue weighted by Crippen LogP contribution is -2.52. The summed E-state index contributed by atoms with van der Waals surface area (Å²) >= 11 is 3.51. The molecule has 2 aromatic carbocycles. The number of hydrogen-bond donors (Lipinski definition) is 3. The molecule has 12 nitrogen and oxygen atoms in total. The number of para-hydroxylation sites is 1. The maximum Gasteiger partial charge on any atom is 0.230 e. The van der Waals surface area contributed by atoms with Crippen LogP contribution in [0.15, 0.2) is 41.0 Å². The van der Waals surface area contributed by atoms with Crippen LogP contribution >= 0.6 is 15.9 Å². The molecule has 0 radical (unpaired) electrons. The van der Waals surface area contributed by atoms with Crippen molar-refractivity contribution in [2.45, 2.75) is 32.2 Å². The molecule has 1 aromatic heterocycles. The van der Waals surface area contributed by atoms with E-state index in [0.717, 1.165) is 70.5 Å². The van der Waals surface area contributed by atoms with E-state index >= 15 is 0 Å². The van der Waals surface area contributed by atoms with Crippen LogP contribution in [-0.4, -0.2) is 101 Å². The summed E-state index contributed by atoms with van der Waals surface area (Å²) < 4.78 is 38.5. The molecule has 2 saturated heterocycles. The first-order valence-electron chi connectivity index (χ1n) is 15.2. The van der Waals surface area contributed by atoms with E-state index in [1.54, 1.807) is 31.5 Å². The molecule has 0 bridgehead atoms. The third-order valence-corrected chi connectivity index (χ3v) is 9.57. The molecule has 3 aromatic rings. The van der Waals surface area contributed by atoms with E-state index in [4.69, 9.17) is 9.47 Å². The predicted molar refractivity (Wildman–Crippen MR) is 184 cm³/mol. The summed E-state index contributed by atoms with van der Waals surface area (Å²) in [6.45, 7) is 8.81. The molecule has 2 fully saturated rings. The first-order chi connectivity index (χ1) is 21.6. The minimum absolute atomic E-state index is 0.278. The third kappa shape index (κ3) is 8.10. The van der Waals surface area contributed by atoms with Crippen molar-refractivity contribution in [2.75, 3.05) is 87.0 Å². The number of nitrogens with one attached hydrogen (secondary N) is 3. The van der Waals surface area contributed by atoms with Gasteiger partial charge in [-0.3, -0.25) is 9.62 Å². The van der Waals surface area contributed by atoms with Crippen molar-refractivity contribution in [3.63, 3.8) is 0 Å². The number of anilines is 6. The van der Waals surface area contributed by atoms with Gasteiger partial charge in [0.2, 0.25) is 16.0 Å². The molecule has 0 aliphatic carbocycles. The molecule has 0 amide bonds. The van der Waals surface area contributed by atoms with Crippen LogP contribution in [0.1, 0.15) is 25.3 Å². The Morgan fingerprint density at radius 3 is 2.33 bits per heavy atom. The van der Waals surface area contributed by atoms with Crippen LogP contribution < -0.4 is 29.7 Å². The van der Waals surface area contributed by atoms with Gasteiger partial charge in [-0.2, -0.15) is 4.98 Å². The van der Waals surface area contributed by atoms with E-state index in [9.17, 15) is 8.42 Å². The Kier molecular flexibility index (Phi) is 10.6. The highest BCUT2D eigenvalue weighted by Gasteiger charge is 2.28. The fourth-order valence-corrected chi connectivity index (χ4v) is 6.85. The lowest BCUT2D eigenvalue weighted by molar-refractivity contribution is 0.0982. The van der Waals surface area contributed by atoms with E-state index in [-0.39, 0.29) is 5.69 Å². The van der Waals surface area contributed by atoms with Gasteiger partial charge in [0.15, 0.2) is 0 Å². The Morgan fingerprint density at radius 2 is 1.69 bits per heavy atom. The predicted octanol–water partition coefficient (Wildman–Crippen LogP) is 4.89. The highest BCUT2D eigenvalue weighted by Crippen LogP contribution is 2.39. The summed E-state index contributed by atoms with van der Waals surface area (Å²) in [6, 6.07) is 10.1. The van der Waals surface area contributed by atoms with Gasteiger partial charge in [0, 0.05) is 63.3 Å². The van der Waals surface area contributed by atoms with Crippen LogP contribution in [0.25, 0.3) is 0 Å². The lowest BCUT2D eigenvalue weighted by atomic mass is 9.99. The van der Waals surface area contributed by atoms with Gasteiger partial charge in [0.05, 0.1) is 36.3 Å². The number of sulfonamides is 1. The third-order valence-electron chi connectivity index (χ3n) is 8.42. The lowest BCUT2D eigenvalue weighted by Gasteiger charge is -2.43. The van der Waals surface area contributed by atoms with Gasteiger partial charge in [-0.1, -0.05) is 13.0 Å². The number of hydrogen-bond acceptors (Lipinski definition) is 11. The molecule has 244 valence electrons. The molecule has 3 N–H and O–H groups in total. The number of benzene rings is 2. The second kappa shape index (κ2) is 14.4. The number of aromatic nitrogens is 2. The standard InChI is InChI=1S/C31H43BrN8O4S/c1-6-21-18-25(28(44-4)19-26(21)40-12-10-22(11-13-40)39-16-14-38(2)15-17-39)35-31-33-20-23(32)30(36-31)34-24-8-7-9-27(43-3)29(24)37-45(5,41)42/h7-9,18-20,22,37H,6,10-17H2,1-5H3,(H2,33,34,35,36). The first kappa shape index (κ1) is 33.0. The number of piperazine rings is 1. The van der Waals surface area contributed by atoms with Crippen LogP contribution in [0.2, 0.25) is 0 Å². The monoisotopic (exact) mass is 702 g/mol. The number of piperidine rings is 1. The van der Waals surface area contributed by atoms with E-state index in [0.29, 0.717) is 39.5 Å². The van der Waals surface area contributed by atoms with E-state index in [1.807, 2.05) is 0 Å². The average molecular weight is 704 g/mol. The Morgan fingerprint density at radius 1 is 0.978 bits per heavy atom. The topological polar surface area (TPSA) is 124 Å². The molecule has 14 heteroatoms. The van der Waals surface area contributed by atoms with Gasteiger partial charge in [-0.25, -0.2) is 13.4 Å². The van der Waals surface area contributed by atoms with Crippen molar-refractivity contribution in [3.05, 3.63) is 46.6 Å². The Hall–Kier alpha value is -3.33. The van der Waals surface area contributed by atoms with Crippen molar-refractivity contribution in [2.24, 2.45) is 0 Å². The largest absolute Gasteiger partial charge is 0.494 e. The van der Waals surface area contributed by atoms with Crippen molar-refractivity contribution in [3.8, 4) is 11.5 Å². The average Bonchev–Trinajstić information content (AvgIpc) is 3.03. The zero-order chi connectivity index (χ0) is 32.1. The van der Waals surface area contributed by atoms with E-state index < -0.39 is 10.0 Å². The summed E-state index contributed by atoms with van der Waals surface area (Å²) in [6.07, 6.45) is 5.91. The molecule has 3 heterocycles. The number of nitrogens with zero attached hydrogens (tertiary/aromatic N) is 5. The van der Waals surface area contributed by atoms with Crippen LogP contribution in [0.4, 0.5) is 34.5 Å². The van der Waals surface area contributed by atoms with Crippen LogP contribution in [0.5, 0.6) is 11.5 Å². The highest BCUT2D eigenvalue weighted by atomic mass is 79.9. The summed E-state index contributed by atoms with van der Waals surface area (Å²) in [7, 11) is 1.79. The van der Waals surface area contributed by atoms with E-state index in [2.05, 4.69) is 82.1 Å². The fraction of sp³-hybridized carbons (Fsp3) is 0.484. The first-order valence-corrected chi connectivity index (χ1v) is 17.9. The smallest absolute Gasteiger partial charge is 0.230 e. The zero-order valence-corrected chi connectivity index (χ0v) is 29.0. The molecule has 2 aliphatic heterocycles. The van der Waals surface area contributed by atoms with Gasteiger partial charge >= 0.3 is 0 Å². The highest BCUT2D eigenvalue weighted by molar-refractivity contribution is 9.10. The zero-order valence-electron chi connectivity index (χ0n) is 26.6. The summed E-state index contributed by atoms with van der Waals surface area (Å²) in [5, 5.41) is 6.55. The summed E-state index contributed by atoms with van der Waals surface area (Å²) in [4.78, 5) is 16.7. The molecule has 45 heavy (non-hydrogen) atoms. The van der Waals surface area contributed by atoms with Crippen molar-refractivity contribution < 1.29 is 17.9 Å². The van der Waals surface area contributed by atoms with Crippen LogP contribution in [0.3, 0.4) is 0 Å². The molecular weight excluding hydrogens is 660 g/mol. The number of methoxy groups -OCH3 is 2. The molecule has 0 saturated carbocycles. The Bertz CT molecular complexity index is 1590. The van der Waals surface area contributed by atoms with Crippen molar-refractivity contribution in [1.29, 1.82) is 0 Å². The summed E-state index contributed by atoms with van der Waals surface area (Å²) in [5.41, 5.74) is 3.94. The Labute approximate surface area is 274 Å². The number of aryl methyl sites for hydroxylation is 1. The van der Waals surface area contributed by atoms with Crippen LogP contribution in [0, 0.1) is 0 Å². The fourth-order valence-electron chi connectivity index (χ4n) is 5.98. The molecule has 0 atom stereocenters. The molecule has 0 spiro atoms. The summed E-state index contributed by atoms with van der Waals surface area (Å²) in [5.74, 6) is 1.86. The van der Waals surface area contributed by atoms with Gasteiger partial charge in [0.25, 0.3) is 0 Å². The van der Waals surface area contributed by atoms with Gasteiger partial charge in [-0.15, -0.1) is 0 Å². The molecular formula is C31H43BrN8O4S. The number of likely N-dealkylation sites (N-methyl/N-ethyl adjacent to an activating group) is 1. The van der Waals surface area contributed by atoms with Crippen molar-refractivity contribution >= 4 is 60.5 Å². The number of ether oxygens (including phenoxy) is 2. The second-order valence-corrected chi connectivity index (χ2v) is 14.1. The van der Waals surface area contributed by atoms with Gasteiger partial charge in [-0.05, 0) is 66.0 Å². The van der Waals surface area contributed by atoms with Gasteiger partial charge in [0.1, 0.15) is 23.0 Å². The molecule has 2 aliphatic rings. The molecule has 5 rings (SSSR count). The van der Waals surface area contributed by atoms with E-state index in [1.165, 1.54) is 18.4 Å². The maximum absolute atomic E-state index is 12.1. The van der Waals surface area contributed by atoms with Gasteiger partial charge < -0.3 is 29.9 Å². The maximum atomic E-state index is 12.1. The molecule has 0 unspecified atom stereocenters. The Balaban J connectivity index is 1.35. The van der Waals surface area contributed by atoms with Crippen LogP contribution in [-0.2, 0) is 16.4 Å². The van der Waals surface area contributed by atoms with Crippen molar-refractivity contribution in [1.82, 2.24) is 19.8 Å². The minimum Gasteiger partial charge on any atom is -0.494 e. The number of rotatable bonds is 11. The quantitative estimate of drug-likeness (QED) is 0.253. The SMILES string of the molecule is CCc1cc(Nc2ncc(Br)c(Nc3cccc(OC)c3NS(C)(=O)=O)n2)c(OC)cc1N1CCC(N2CCN(C)CC2)CC1.